The minimum absolute atomic E-state index is 0.0246. The number of aliphatic carboxylic acids is 1. The van der Waals surface area contributed by atoms with E-state index in [-0.39, 0.29) is 58.9 Å². The van der Waals surface area contributed by atoms with E-state index >= 15 is 0 Å². The van der Waals surface area contributed by atoms with Gasteiger partial charge in [0.05, 0.1) is 12.2 Å². The molecular formula is C24H38O5. The summed E-state index contributed by atoms with van der Waals surface area (Å²) in [5, 5.41) is 30.7. The minimum Gasteiger partial charge on any atom is -0.481 e. The molecule has 0 radical (unpaired) electrons. The minimum atomic E-state index is -0.762. The molecule has 4 rings (SSSR count). The molecule has 0 heterocycles. The second-order valence-electron chi connectivity index (χ2n) is 11.3. The quantitative estimate of drug-likeness (QED) is 0.662. The van der Waals surface area contributed by atoms with Crippen molar-refractivity contribution in [2.75, 3.05) is 0 Å². The van der Waals surface area contributed by atoms with Gasteiger partial charge in [0.15, 0.2) is 0 Å². The first-order valence-electron chi connectivity index (χ1n) is 11.7. The molecule has 0 aliphatic heterocycles. The van der Waals surface area contributed by atoms with E-state index in [4.69, 9.17) is 5.11 Å². The number of Topliss-reactive ketones (excluding diaryl/α,β-unsaturated/α-hetero) is 1. The van der Waals surface area contributed by atoms with Crippen molar-refractivity contribution < 1.29 is 24.9 Å². The van der Waals surface area contributed by atoms with E-state index in [0.717, 1.165) is 32.1 Å². The molecule has 0 spiro atoms. The summed E-state index contributed by atoms with van der Waals surface area (Å²) >= 11 is 0. The summed E-state index contributed by atoms with van der Waals surface area (Å²) in [6.45, 7) is 6.62. The second kappa shape index (κ2) is 7.33. The maximum atomic E-state index is 13.4. The fraction of sp³-hybridized carbons (Fsp3) is 0.917. The standard InChI is InChI=1S/C24H38O5/c1-13(4-7-21(28)29)16-5-6-17-22-18(12-20(27)24(16,17)3)23(2)9-8-15(25)10-14(23)11-19(22)26/h13-18,20,22,25,27H,4-12H2,1-3H3,(H,28,29)/t13-,14-,15-,16-,17+,18+,20+,22+,23+,24-/m1/s1. The average Bonchev–Trinajstić information content (AvgIpc) is 3.01. The summed E-state index contributed by atoms with van der Waals surface area (Å²) in [7, 11) is 0. The number of hydrogen-bond acceptors (Lipinski definition) is 4. The smallest absolute Gasteiger partial charge is 0.303 e. The lowest BCUT2D eigenvalue weighted by Crippen LogP contribution is -2.61. The van der Waals surface area contributed by atoms with E-state index < -0.39 is 12.1 Å². The van der Waals surface area contributed by atoms with Gasteiger partial charge in [-0.2, -0.15) is 0 Å². The molecule has 0 saturated heterocycles. The monoisotopic (exact) mass is 406 g/mol. The summed E-state index contributed by atoms with van der Waals surface area (Å²) in [6, 6.07) is 0. The molecule has 0 amide bonds. The fourth-order valence-corrected chi connectivity index (χ4v) is 8.40. The van der Waals surface area contributed by atoms with Gasteiger partial charge in [0.1, 0.15) is 5.78 Å². The lowest BCUT2D eigenvalue weighted by atomic mass is 9.43. The molecule has 5 heteroatoms. The zero-order chi connectivity index (χ0) is 21.1. The van der Waals surface area contributed by atoms with Crippen molar-refractivity contribution in [3.8, 4) is 0 Å². The summed E-state index contributed by atoms with van der Waals surface area (Å²) < 4.78 is 0. The van der Waals surface area contributed by atoms with Crippen LogP contribution >= 0.6 is 0 Å². The second-order valence-corrected chi connectivity index (χ2v) is 11.3. The molecule has 29 heavy (non-hydrogen) atoms. The van der Waals surface area contributed by atoms with Crippen molar-refractivity contribution in [2.45, 2.75) is 90.8 Å². The van der Waals surface area contributed by atoms with Crippen molar-refractivity contribution >= 4 is 11.8 Å². The van der Waals surface area contributed by atoms with Crippen molar-refractivity contribution in [1.29, 1.82) is 0 Å². The molecule has 4 fully saturated rings. The van der Waals surface area contributed by atoms with Crippen LogP contribution in [-0.4, -0.2) is 39.3 Å². The number of rotatable bonds is 4. The van der Waals surface area contributed by atoms with Gasteiger partial charge in [-0.1, -0.05) is 20.8 Å². The maximum Gasteiger partial charge on any atom is 0.303 e. The summed E-state index contributed by atoms with van der Waals surface area (Å²) in [6.07, 6.45) is 5.74. The molecule has 0 aromatic heterocycles. The van der Waals surface area contributed by atoms with Crippen molar-refractivity contribution in [3.63, 3.8) is 0 Å². The Bertz CT molecular complexity index is 676. The van der Waals surface area contributed by atoms with Crippen molar-refractivity contribution in [1.82, 2.24) is 0 Å². The summed E-state index contributed by atoms with van der Waals surface area (Å²) in [5.41, 5.74) is -0.265. The van der Waals surface area contributed by atoms with Crippen LogP contribution in [0.3, 0.4) is 0 Å². The number of carbonyl (C=O) groups is 2. The number of aliphatic hydroxyl groups is 2. The lowest BCUT2D eigenvalue weighted by Gasteiger charge is -2.61. The Kier molecular flexibility index (Phi) is 5.39. The lowest BCUT2D eigenvalue weighted by molar-refractivity contribution is -0.182. The Morgan fingerprint density at radius 1 is 1.14 bits per heavy atom. The zero-order valence-corrected chi connectivity index (χ0v) is 18.1. The molecule has 5 nitrogen and oxygen atoms in total. The van der Waals surface area contributed by atoms with E-state index in [1.807, 2.05) is 0 Å². The van der Waals surface area contributed by atoms with Crippen LogP contribution in [-0.2, 0) is 9.59 Å². The van der Waals surface area contributed by atoms with E-state index in [2.05, 4.69) is 20.8 Å². The first kappa shape index (κ1) is 21.3. The largest absolute Gasteiger partial charge is 0.481 e. The van der Waals surface area contributed by atoms with Gasteiger partial charge in [-0.25, -0.2) is 0 Å². The van der Waals surface area contributed by atoms with Crippen LogP contribution in [0.1, 0.15) is 78.6 Å². The predicted molar refractivity (Wildman–Crippen MR) is 109 cm³/mol. The highest BCUT2D eigenvalue weighted by molar-refractivity contribution is 5.83. The van der Waals surface area contributed by atoms with E-state index in [1.165, 1.54) is 0 Å². The van der Waals surface area contributed by atoms with Gasteiger partial charge in [-0.3, -0.25) is 9.59 Å². The van der Waals surface area contributed by atoms with E-state index in [0.29, 0.717) is 25.0 Å². The average molecular weight is 407 g/mol. The number of carboxylic acid groups (broad SMARTS) is 1. The molecule has 0 unspecified atom stereocenters. The van der Waals surface area contributed by atoms with Crippen LogP contribution in [0.5, 0.6) is 0 Å². The normalized spacial score (nSPS) is 50.4. The molecular weight excluding hydrogens is 368 g/mol. The third kappa shape index (κ3) is 3.18. The van der Waals surface area contributed by atoms with Crippen LogP contribution in [0.25, 0.3) is 0 Å². The third-order valence-corrected chi connectivity index (χ3v) is 10.1. The Hall–Kier alpha value is -0.940. The number of fused-ring (bicyclic) bond motifs is 5. The predicted octanol–water partition coefficient (Wildman–Crippen LogP) is 3.66. The highest BCUT2D eigenvalue weighted by Crippen LogP contribution is 2.67. The molecule has 4 aliphatic carbocycles. The Labute approximate surface area is 174 Å². The van der Waals surface area contributed by atoms with Crippen LogP contribution in [0.15, 0.2) is 0 Å². The highest BCUT2D eigenvalue weighted by atomic mass is 16.4. The van der Waals surface area contributed by atoms with Crippen LogP contribution in [0, 0.1) is 46.3 Å². The first-order valence-corrected chi connectivity index (χ1v) is 11.7. The van der Waals surface area contributed by atoms with Crippen molar-refractivity contribution in [3.05, 3.63) is 0 Å². The third-order valence-electron chi connectivity index (χ3n) is 10.1. The van der Waals surface area contributed by atoms with E-state index in [1.54, 1.807) is 0 Å². The zero-order valence-electron chi connectivity index (χ0n) is 18.1. The molecule has 164 valence electrons. The Morgan fingerprint density at radius 3 is 2.55 bits per heavy atom. The molecule has 4 aliphatic rings. The fourth-order valence-electron chi connectivity index (χ4n) is 8.40. The van der Waals surface area contributed by atoms with Gasteiger partial charge in [0.25, 0.3) is 0 Å². The van der Waals surface area contributed by atoms with Crippen LogP contribution in [0.2, 0.25) is 0 Å². The van der Waals surface area contributed by atoms with E-state index in [9.17, 15) is 19.8 Å². The number of hydrogen-bond donors (Lipinski definition) is 3. The van der Waals surface area contributed by atoms with Gasteiger partial charge < -0.3 is 15.3 Å². The topological polar surface area (TPSA) is 94.8 Å². The Morgan fingerprint density at radius 2 is 1.86 bits per heavy atom. The Balaban J connectivity index is 1.62. The molecule has 4 saturated carbocycles. The molecule has 0 aromatic rings. The summed E-state index contributed by atoms with van der Waals surface area (Å²) in [5.74, 6) is 0.775. The number of ketones is 1. The highest BCUT2D eigenvalue weighted by Gasteiger charge is 2.65. The molecule has 0 aromatic carbocycles. The molecule has 0 bridgehead atoms. The molecule has 10 atom stereocenters. The maximum absolute atomic E-state index is 13.4. The first-order chi connectivity index (χ1) is 13.6. The van der Waals surface area contributed by atoms with Gasteiger partial charge in [0.2, 0.25) is 0 Å². The molecule has 3 N–H and O–H groups in total. The summed E-state index contributed by atoms with van der Waals surface area (Å²) in [4.78, 5) is 24.4. The van der Waals surface area contributed by atoms with Gasteiger partial charge >= 0.3 is 5.97 Å². The van der Waals surface area contributed by atoms with Gasteiger partial charge in [-0.15, -0.1) is 0 Å². The van der Waals surface area contributed by atoms with Gasteiger partial charge in [0, 0.05) is 24.2 Å². The van der Waals surface area contributed by atoms with Crippen LogP contribution < -0.4 is 0 Å². The number of aliphatic hydroxyl groups excluding tert-OH is 2. The van der Waals surface area contributed by atoms with Gasteiger partial charge in [-0.05, 0) is 80.0 Å². The number of carbonyl (C=O) groups excluding carboxylic acids is 1. The van der Waals surface area contributed by atoms with Crippen LogP contribution in [0.4, 0.5) is 0 Å². The van der Waals surface area contributed by atoms with Crippen molar-refractivity contribution in [2.24, 2.45) is 46.3 Å². The number of carboxylic acids is 1. The SMILES string of the molecule is C[C@H](CCC(=O)O)[C@H]1CC[C@H]2[C@@H]3C(=O)C[C@H]4C[C@H](O)CC[C@]4(C)[C@H]3C[C@H](O)[C@]12C.